The van der Waals surface area contributed by atoms with Crippen molar-refractivity contribution in [2.24, 2.45) is 5.92 Å². The first-order valence-electron chi connectivity index (χ1n) is 18.0. The lowest BCUT2D eigenvalue weighted by atomic mass is 9.95. The highest BCUT2D eigenvalue weighted by atomic mass is 14.1. The van der Waals surface area contributed by atoms with Crippen LogP contribution in [0, 0.1) is 5.92 Å². The largest absolute Gasteiger partial charge is 0.0885 e. The summed E-state index contributed by atoms with van der Waals surface area (Å²) in [6.07, 6.45) is 49.8. The van der Waals surface area contributed by atoms with E-state index in [-0.39, 0.29) is 0 Å². The molecule has 1 unspecified atom stereocenters. The summed E-state index contributed by atoms with van der Waals surface area (Å²) in [7, 11) is 0. The molecule has 0 N–H and O–H groups in total. The molecule has 37 heavy (non-hydrogen) atoms. The number of rotatable bonds is 32. The fourth-order valence-electron chi connectivity index (χ4n) is 5.75. The lowest BCUT2D eigenvalue weighted by molar-refractivity contribution is 0.430. The van der Waals surface area contributed by atoms with Crippen molar-refractivity contribution in [1.82, 2.24) is 0 Å². The molecular formula is C37H74. The first-order valence-corrected chi connectivity index (χ1v) is 18.0. The normalized spacial score (nSPS) is 12.6. The van der Waals surface area contributed by atoms with Gasteiger partial charge in [-0.05, 0) is 31.6 Å². The molecule has 0 aromatic rings. The number of hydrogen-bond donors (Lipinski definition) is 0. The first kappa shape index (κ1) is 36.7. The Morgan fingerprint density at radius 3 is 0.865 bits per heavy atom. The van der Waals surface area contributed by atoms with Gasteiger partial charge < -0.3 is 0 Å². The van der Waals surface area contributed by atoms with E-state index >= 15 is 0 Å². The van der Waals surface area contributed by atoms with E-state index in [1.54, 1.807) is 0 Å². The Morgan fingerprint density at radius 2 is 0.568 bits per heavy atom. The van der Waals surface area contributed by atoms with Gasteiger partial charge in [0.2, 0.25) is 0 Å². The summed E-state index contributed by atoms with van der Waals surface area (Å²) >= 11 is 0. The van der Waals surface area contributed by atoms with Gasteiger partial charge in [0.1, 0.15) is 0 Å². The molecule has 0 heteroatoms. The van der Waals surface area contributed by atoms with Gasteiger partial charge in [-0.2, -0.15) is 0 Å². The van der Waals surface area contributed by atoms with Crippen LogP contribution in [-0.2, 0) is 0 Å². The topological polar surface area (TPSA) is 0 Å². The molecule has 0 aliphatic heterocycles. The highest BCUT2D eigenvalue weighted by molar-refractivity contribution is 4.81. The zero-order chi connectivity index (χ0) is 26.9. The quantitative estimate of drug-likeness (QED) is 0.0613. The highest BCUT2D eigenvalue weighted by Gasteiger charge is 2.02. The molecule has 0 fully saturated rings. The maximum atomic E-state index is 2.50. The fraction of sp³-hybridized carbons (Fsp3) is 0.946. The Bertz CT molecular complexity index is 408. The predicted molar refractivity (Wildman–Crippen MR) is 173 cm³/mol. The fourth-order valence-corrected chi connectivity index (χ4v) is 5.75. The van der Waals surface area contributed by atoms with E-state index in [9.17, 15) is 0 Å². The molecule has 0 nitrogen and oxygen atoms in total. The minimum Gasteiger partial charge on any atom is -0.0885 e. The summed E-state index contributed by atoms with van der Waals surface area (Å²) < 4.78 is 0. The zero-order valence-corrected chi connectivity index (χ0v) is 26.7. The Balaban J connectivity index is 3.18. The van der Waals surface area contributed by atoms with Crippen molar-refractivity contribution in [2.75, 3.05) is 0 Å². The molecule has 222 valence electrons. The molecule has 0 heterocycles. The van der Waals surface area contributed by atoms with Gasteiger partial charge in [0.25, 0.3) is 0 Å². The lowest BCUT2D eigenvalue weighted by Gasteiger charge is -2.11. The predicted octanol–water partition coefficient (Wildman–Crippen LogP) is 14.3. The molecule has 0 aromatic carbocycles. The monoisotopic (exact) mass is 519 g/mol. The second-order valence-electron chi connectivity index (χ2n) is 12.6. The van der Waals surface area contributed by atoms with E-state index in [2.05, 4.69) is 32.9 Å². The number of hydrogen-bond acceptors (Lipinski definition) is 0. The van der Waals surface area contributed by atoms with Crippen LogP contribution in [0.2, 0.25) is 0 Å². The van der Waals surface area contributed by atoms with E-state index in [0.29, 0.717) is 0 Å². The Kier molecular flexibility index (Phi) is 33.5. The second kappa shape index (κ2) is 33.8. The zero-order valence-electron chi connectivity index (χ0n) is 26.7. The smallest absolute Gasteiger partial charge is 0.0351 e. The molecule has 1 atom stereocenters. The SMILES string of the molecule is CCCCCCCCCCCC=CCCCCCCCCCC(C)CCCCCCCCCCCCC. The summed E-state index contributed by atoms with van der Waals surface area (Å²) in [6.45, 7) is 7.11. The molecule has 0 saturated carbocycles. The van der Waals surface area contributed by atoms with Crippen LogP contribution in [0.25, 0.3) is 0 Å². The van der Waals surface area contributed by atoms with Gasteiger partial charge in [-0.3, -0.25) is 0 Å². The van der Waals surface area contributed by atoms with Crippen LogP contribution in [0.3, 0.4) is 0 Å². The van der Waals surface area contributed by atoms with Gasteiger partial charge in [0.05, 0.1) is 0 Å². The van der Waals surface area contributed by atoms with Crippen LogP contribution >= 0.6 is 0 Å². The summed E-state index contributed by atoms with van der Waals surface area (Å²) in [5.41, 5.74) is 0. The van der Waals surface area contributed by atoms with Crippen molar-refractivity contribution in [3.05, 3.63) is 12.2 Å². The average Bonchev–Trinajstić information content (AvgIpc) is 2.90. The Hall–Kier alpha value is -0.260. The van der Waals surface area contributed by atoms with Gasteiger partial charge in [-0.1, -0.05) is 206 Å². The highest BCUT2D eigenvalue weighted by Crippen LogP contribution is 2.19. The molecule has 0 aliphatic carbocycles. The molecular weight excluding hydrogens is 444 g/mol. The lowest BCUT2D eigenvalue weighted by Crippen LogP contribution is -1.95. The third-order valence-corrected chi connectivity index (χ3v) is 8.51. The summed E-state index contributed by atoms with van der Waals surface area (Å²) in [6, 6.07) is 0. The molecule has 0 spiro atoms. The van der Waals surface area contributed by atoms with Crippen molar-refractivity contribution >= 4 is 0 Å². The molecule has 0 rings (SSSR count). The summed E-state index contributed by atoms with van der Waals surface area (Å²) in [5.74, 6) is 0.959. The summed E-state index contributed by atoms with van der Waals surface area (Å²) in [4.78, 5) is 0. The maximum Gasteiger partial charge on any atom is -0.0351 e. The van der Waals surface area contributed by atoms with E-state index in [0.717, 1.165) is 5.92 Å². The minimum atomic E-state index is 0.959. The van der Waals surface area contributed by atoms with Crippen molar-refractivity contribution in [3.8, 4) is 0 Å². The van der Waals surface area contributed by atoms with Gasteiger partial charge >= 0.3 is 0 Å². The van der Waals surface area contributed by atoms with Gasteiger partial charge in [-0.25, -0.2) is 0 Å². The first-order chi connectivity index (χ1) is 18.3. The third kappa shape index (κ3) is 33.7. The van der Waals surface area contributed by atoms with E-state index in [1.165, 1.54) is 199 Å². The van der Waals surface area contributed by atoms with Crippen LogP contribution in [0.4, 0.5) is 0 Å². The average molecular weight is 519 g/mol. The summed E-state index contributed by atoms with van der Waals surface area (Å²) in [5, 5.41) is 0. The van der Waals surface area contributed by atoms with Crippen molar-refractivity contribution in [3.63, 3.8) is 0 Å². The van der Waals surface area contributed by atoms with E-state index < -0.39 is 0 Å². The number of allylic oxidation sites excluding steroid dienone is 2. The van der Waals surface area contributed by atoms with Crippen molar-refractivity contribution < 1.29 is 0 Å². The van der Waals surface area contributed by atoms with Crippen LogP contribution in [0.15, 0.2) is 12.2 Å². The standard InChI is InChI=1S/C37H74/c1-4-6-8-10-12-14-16-17-18-19-20-21-22-23-24-26-28-30-32-34-36-37(3)35-33-31-29-27-25-15-13-11-9-7-5-2/h20-21,37H,4-19,22-36H2,1-3H3. The van der Waals surface area contributed by atoms with Crippen molar-refractivity contribution in [1.29, 1.82) is 0 Å². The second-order valence-corrected chi connectivity index (χ2v) is 12.6. The molecule has 0 amide bonds. The number of unbranched alkanes of at least 4 members (excludes halogenated alkanes) is 26. The van der Waals surface area contributed by atoms with Gasteiger partial charge in [-0.15, -0.1) is 0 Å². The minimum absolute atomic E-state index is 0.959. The Labute approximate surface area is 237 Å². The van der Waals surface area contributed by atoms with Crippen molar-refractivity contribution in [2.45, 2.75) is 220 Å². The van der Waals surface area contributed by atoms with Crippen LogP contribution in [-0.4, -0.2) is 0 Å². The van der Waals surface area contributed by atoms with Gasteiger partial charge in [0, 0.05) is 0 Å². The van der Waals surface area contributed by atoms with Crippen LogP contribution in [0.1, 0.15) is 220 Å². The third-order valence-electron chi connectivity index (χ3n) is 8.51. The molecule has 0 saturated heterocycles. The van der Waals surface area contributed by atoms with Gasteiger partial charge in [0.15, 0.2) is 0 Å². The Morgan fingerprint density at radius 1 is 0.324 bits per heavy atom. The molecule has 0 aliphatic rings. The maximum absolute atomic E-state index is 2.50. The molecule has 0 bridgehead atoms. The van der Waals surface area contributed by atoms with E-state index in [4.69, 9.17) is 0 Å². The molecule has 0 radical (unpaired) electrons. The van der Waals surface area contributed by atoms with E-state index in [1.807, 2.05) is 0 Å². The van der Waals surface area contributed by atoms with Crippen LogP contribution < -0.4 is 0 Å². The molecule has 0 aromatic heterocycles. The van der Waals surface area contributed by atoms with Crippen LogP contribution in [0.5, 0.6) is 0 Å².